The standard InChI is InChI=1S/C18H23FN2/c1-12-9-10-13(19)11-15(12)17(21-20)14-7-5-6-8-16(14)18(2,3)4/h5-11,17,21H,20H2,1-4H3. The molecule has 3 N–H and O–H groups in total. The highest BCUT2D eigenvalue weighted by atomic mass is 19.1. The van der Waals surface area contributed by atoms with Crippen molar-refractivity contribution in [3.63, 3.8) is 0 Å². The molecule has 0 bridgehead atoms. The molecule has 0 amide bonds. The van der Waals surface area contributed by atoms with Crippen molar-refractivity contribution in [2.75, 3.05) is 0 Å². The first kappa shape index (κ1) is 15.7. The minimum absolute atomic E-state index is 0.00702. The largest absolute Gasteiger partial charge is 0.271 e. The normalized spacial score (nSPS) is 13.2. The van der Waals surface area contributed by atoms with Crippen LogP contribution in [0.1, 0.15) is 49.1 Å². The zero-order valence-corrected chi connectivity index (χ0v) is 13.1. The lowest BCUT2D eigenvalue weighted by Crippen LogP contribution is -2.31. The van der Waals surface area contributed by atoms with E-state index in [1.165, 1.54) is 11.6 Å². The molecule has 2 nitrogen and oxygen atoms in total. The molecule has 0 heterocycles. The van der Waals surface area contributed by atoms with Crippen molar-refractivity contribution in [1.82, 2.24) is 5.43 Å². The van der Waals surface area contributed by atoms with E-state index in [4.69, 9.17) is 5.84 Å². The van der Waals surface area contributed by atoms with E-state index < -0.39 is 0 Å². The molecule has 0 radical (unpaired) electrons. The van der Waals surface area contributed by atoms with Crippen molar-refractivity contribution in [2.24, 2.45) is 5.84 Å². The summed E-state index contributed by atoms with van der Waals surface area (Å²) in [6.07, 6.45) is 0. The van der Waals surface area contributed by atoms with Crippen LogP contribution >= 0.6 is 0 Å². The van der Waals surface area contributed by atoms with Gasteiger partial charge in [-0.2, -0.15) is 0 Å². The number of hydrazine groups is 1. The number of hydrogen-bond acceptors (Lipinski definition) is 2. The van der Waals surface area contributed by atoms with Crippen LogP contribution in [-0.4, -0.2) is 0 Å². The second-order valence-electron chi connectivity index (χ2n) is 6.44. The monoisotopic (exact) mass is 286 g/mol. The quantitative estimate of drug-likeness (QED) is 0.661. The Morgan fingerprint density at radius 1 is 1.05 bits per heavy atom. The van der Waals surface area contributed by atoms with E-state index in [1.807, 2.05) is 19.1 Å². The summed E-state index contributed by atoms with van der Waals surface area (Å²) in [4.78, 5) is 0. The summed E-state index contributed by atoms with van der Waals surface area (Å²) in [6.45, 7) is 8.46. The molecule has 0 aliphatic carbocycles. The van der Waals surface area contributed by atoms with Crippen LogP contribution in [0.4, 0.5) is 4.39 Å². The fraction of sp³-hybridized carbons (Fsp3) is 0.333. The highest BCUT2D eigenvalue weighted by Crippen LogP contribution is 2.33. The molecule has 0 aliphatic rings. The van der Waals surface area contributed by atoms with Gasteiger partial charge in [0.25, 0.3) is 0 Å². The lowest BCUT2D eigenvalue weighted by atomic mass is 9.80. The van der Waals surface area contributed by atoms with Crippen LogP contribution in [0.5, 0.6) is 0 Å². The van der Waals surface area contributed by atoms with Crippen LogP contribution in [0.25, 0.3) is 0 Å². The van der Waals surface area contributed by atoms with Crippen LogP contribution in [0.2, 0.25) is 0 Å². The van der Waals surface area contributed by atoms with E-state index in [0.717, 1.165) is 16.7 Å². The Morgan fingerprint density at radius 3 is 2.33 bits per heavy atom. The fourth-order valence-electron chi connectivity index (χ4n) is 2.70. The number of hydrogen-bond donors (Lipinski definition) is 2. The van der Waals surface area contributed by atoms with Gasteiger partial charge in [0.05, 0.1) is 6.04 Å². The van der Waals surface area contributed by atoms with Gasteiger partial charge in [-0.15, -0.1) is 0 Å². The first-order chi connectivity index (χ1) is 9.84. The van der Waals surface area contributed by atoms with Crippen LogP contribution in [0, 0.1) is 12.7 Å². The van der Waals surface area contributed by atoms with E-state index in [0.29, 0.717) is 0 Å². The van der Waals surface area contributed by atoms with Crippen LogP contribution in [0.15, 0.2) is 42.5 Å². The zero-order chi connectivity index (χ0) is 15.6. The van der Waals surface area contributed by atoms with Gasteiger partial charge in [-0.3, -0.25) is 5.84 Å². The Morgan fingerprint density at radius 2 is 1.71 bits per heavy atom. The molecular weight excluding hydrogens is 263 g/mol. The van der Waals surface area contributed by atoms with Gasteiger partial charge in [-0.05, 0) is 46.7 Å². The smallest absolute Gasteiger partial charge is 0.123 e. The zero-order valence-electron chi connectivity index (χ0n) is 13.1. The van der Waals surface area contributed by atoms with Gasteiger partial charge >= 0.3 is 0 Å². The van der Waals surface area contributed by atoms with Gasteiger partial charge < -0.3 is 0 Å². The fourth-order valence-corrected chi connectivity index (χ4v) is 2.70. The molecule has 0 aliphatic heterocycles. The first-order valence-corrected chi connectivity index (χ1v) is 7.16. The average Bonchev–Trinajstić information content (AvgIpc) is 2.43. The molecule has 0 fully saturated rings. The lowest BCUT2D eigenvalue weighted by molar-refractivity contribution is 0.554. The molecule has 2 aromatic carbocycles. The molecule has 2 rings (SSSR count). The maximum Gasteiger partial charge on any atom is 0.123 e. The minimum atomic E-state index is -0.246. The first-order valence-electron chi connectivity index (χ1n) is 7.16. The summed E-state index contributed by atoms with van der Waals surface area (Å²) < 4.78 is 13.6. The number of aryl methyl sites for hydroxylation is 1. The van der Waals surface area contributed by atoms with E-state index in [9.17, 15) is 4.39 Å². The summed E-state index contributed by atoms with van der Waals surface area (Å²) in [5.41, 5.74) is 7.02. The van der Waals surface area contributed by atoms with E-state index in [2.05, 4.69) is 38.3 Å². The summed E-state index contributed by atoms with van der Waals surface area (Å²) >= 11 is 0. The summed E-state index contributed by atoms with van der Waals surface area (Å²) in [7, 11) is 0. The van der Waals surface area contributed by atoms with E-state index in [-0.39, 0.29) is 17.3 Å². The van der Waals surface area contributed by atoms with Gasteiger partial charge in [-0.25, -0.2) is 9.82 Å². The van der Waals surface area contributed by atoms with Gasteiger partial charge in [0.1, 0.15) is 5.82 Å². The summed E-state index contributed by atoms with van der Waals surface area (Å²) in [5, 5.41) is 0. The molecular formula is C18H23FN2. The SMILES string of the molecule is Cc1ccc(F)cc1C(NN)c1ccccc1C(C)(C)C. The number of halogens is 1. The van der Waals surface area contributed by atoms with Gasteiger partial charge in [-0.1, -0.05) is 51.1 Å². The Labute approximate surface area is 126 Å². The van der Waals surface area contributed by atoms with Crippen LogP contribution < -0.4 is 11.3 Å². The number of rotatable bonds is 3. The highest BCUT2D eigenvalue weighted by Gasteiger charge is 2.24. The third-order valence-corrected chi connectivity index (χ3v) is 3.80. The summed E-state index contributed by atoms with van der Waals surface area (Å²) in [6, 6.07) is 12.8. The molecule has 1 atom stereocenters. The minimum Gasteiger partial charge on any atom is -0.271 e. The number of nitrogens with one attached hydrogen (secondary N) is 1. The van der Waals surface area contributed by atoms with Crippen molar-refractivity contribution in [1.29, 1.82) is 0 Å². The molecule has 3 heteroatoms. The summed E-state index contributed by atoms with van der Waals surface area (Å²) in [5.74, 6) is 5.55. The van der Waals surface area contributed by atoms with Crippen LogP contribution in [0.3, 0.4) is 0 Å². The lowest BCUT2D eigenvalue weighted by Gasteiger charge is -2.28. The van der Waals surface area contributed by atoms with Crippen molar-refractivity contribution < 1.29 is 4.39 Å². The third-order valence-electron chi connectivity index (χ3n) is 3.80. The number of benzene rings is 2. The van der Waals surface area contributed by atoms with Gasteiger partial charge in [0.2, 0.25) is 0 Å². The molecule has 0 aromatic heterocycles. The Kier molecular flexibility index (Phi) is 4.45. The second kappa shape index (κ2) is 5.96. The molecule has 1 unspecified atom stereocenters. The molecule has 0 spiro atoms. The van der Waals surface area contributed by atoms with Gasteiger partial charge in [0.15, 0.2) is 0 Å². The molecule has 21 heavy (non-hydrogen) atoms. The molecule has 112 valence electrons. The highest BCUT2D eigenvalue weighted by molar-refractivity contribution is 5.43. The maximum absolute atomic E-state index is 13.6. The third kappa shape index (κ3) is 3.31. The molecule has 0 saturated heterocycles. The van der Waals surface area contributed by atoms with E-state index >= 15 is 0 Å². The van der Waals surface area contributed by atoms with Crippen molar-refractivity contribution in [3.05, 3.63) is 70.5 Å². The predicted octanol–water partition coefficient (Wildman–Crippen LogP) is 3.98. The molecule has 0 saturated carbocycles. The molecule has 2 aromatic rings. The topological polar surface area (TPSA) is 38.0 Å². The second-order valence-corrected chi connectivity index (χ2v) is 6.44. The maximum atomic E-state index is 13.6. The van der Waals surface area contributed by atoms with Gasteiger partial charge in [0, 0.05) is 0 Å². The van der Waals surface area contributed by atoms with Crippen molar-refractivity contribution in [3.8, 4) is 0 Å². The van der Waals surface area contributed by atoms with E-state index in [1.54, 1.807) is 12.1 Å². The Balaban J connectivity index is 2.60. The average molecular weight is 286 g/mol. The predicted molar refractivity (Wildman–Crippen MR) is 85.4 cm³/mol. The Bertz CT molecular complexity index is 629. The van der Waals surface area contributed by atoms with Crippen LogP contribution in [-0.2, 0) is 5.41 Å². The Hall–Kier alpha value is -1.71. The number of nitrogens with two attached hydrogens (primary N) is 1. The van der Waals surface area contributed by atoms with Crippen molar-refractivity contribution in [2.45, 2.75) is 39.2 Å². The van der Waals surface area contributed by atoms with Crippen molar-refractivity contribution >= 4 is 0 Å².